The van der Waals surface area contributed by atoms with Gasteiger partial charge in [-0.3, -0.25) is 5.43 Å². The van der Waals surface area contributed by atoms with Crippen LogP contribution in [0.4, 0.5) is 5.69 Å². The molecule has 0 spiro atoms. The summed E-state index contributed by atoms with van der Waals surface area (Å²) in [5.41, 5.74) is 9.13. The van der Waals surface area contributed by atoms with Crippen LogP contribution in [0.15, 0.2) is 90.0 Å². The molecule has 3 aromatic rings. The largest absolute Gasteiger partial charge is 0.279 e. The summed E-state index contributed by atoms with van der Waals surface area (Å²) in [4.78, 5) is 0. The van der Waals surface area contributed by atoms with Crippen molar-refractivity contribution in [2.24, 2.45) is 5.10 Å². The molecular formula is C22H18N2. The van der Waals surface area contributed by atoms with Crippen LogP contribution in [0.1, 0.15) is 28.2 Å². The molecule has 0 aromatic heterocycles. The van der Waals surface area contributed by atoms with E-state index in [1.807, 2.05) is 36.5 Å². The molecule has 0 aliphatic heterocycles. The molecule has 0 bridgehead atoms. The first kappa shape index (κ1) is 14.5. The van der Waals surface area contributed by atoms with E-state index < -0.39 is 0 Å². The maximum Gasteiger partial charge on any atom is 0.0561 e. The Kier molecular flexibility index (Phi) is 3.95. The van der Waals surface area contributed by atoms with Gasteiger partial charge in [0.15, 0.2) is 0 Å². The minimum Gasteiger partial charge on any atom is -0.279 e. The molecule has 2 heteroatoms. The molecule has 1 aliphatic carbocycles. The zero-order valence-corrected chi connectivity index (χ0v) is 13.3. The Hall–Kier alpha value is -3.13. The molecule has 0 fully saturated rings. The molecule has 1 unspecified atom stereocenters. The van der Waals surface area contributed by atoms with E-state index in [1.54, 1.807) is 0 Å². The van der Waals surface area contributed by atoms with E-state index >= 15 is 0 Å². The molecular weight excluding hydrogens is 292 g/mol. The van der Waals surface area contributed by atoms with Gasteiger partial charge in [-0.1, -0.05) is 78.9 Å². The molecule has 0 amide bonds. The Morgan fingerprint density at radius 1 is 0.750 bits per heavy atom. The van der Waals surface area contributed by atoms with Gasteiger partial charge >= 0.3 is 0 Å². The molecule has 3 aromatic carbocycles. The summed E-state index contributed by atoms with van der Waals surface area (Å²) < 4.78 is 0. The van der Waals surface area contributed by atoms with Crippen LogP contribution in [0, 0.1) is 0 Å². The average molecular weight is 310 g/mol. The predicted octanol–water partition coefficient (Wildman–Crippen LogP) is 5.29. The lowest BCUT2D eigenvalue weighted by atomic mass is 9.90. The van der Waals surface area contributed by atoms with Crippen LogP contribution in [0.3, 0.4) is 0 Å². The van der Waals surface area contributed by atoms with Gasteiger partial charge in [0.25, 0.3) is 0 Å². The van der Waals surface area contributed by atoms with Gasteiger partial charge in [-0.2, -0.15) is 5.10 Å². The van der Waals surface area contributed by atoms with Crippen molar-refractivity contribution in [2.45, 2.75) is 5.92 Å². The number of fused-ring (bicyclic) bond motifs is 1. The minimum absolute atomic E-state index is 0.292. The molecule has 24 heavy (non-hydrogen) atoms. The summed E-state index contributed by atoms with van der Waals surface area (Å²) >= 11 is 0. The first-order chi connectivity index (χ1) is 11.9. The van der Waals surface area contributed by atoms with E-state index in [1.165, 1.54) is 16.7 Å². The quantitative estimate of drug-likeness (QED) is 0.514. The molecule has 1 aliphatic rings. The normalized spacial score (nSPS) is 15.6. The predicted molar refractivity (Wildman–Crippen MR) is 101 cm³/mol. The Bertz CT molecular complexity index is 895. The van der Waals surface area contributed by atoms with Crippen LogP contribution >= 0.6 is 0 Å². The van der Waals surface area contributed by atoms with E-state index in [4.69, 9.17) is 0 Å². The summed E-state index contributed by atoms with van der Waals surface area (Å²) in [7, 11) is 0. The molecule has 0 heterocycles. The maximum atomic E-state index is 4.40. The third-order valence-electron chi connectivity index (χ3n) is 4.30. The lowest BCUT2D eigenvalue weighted by molar-refractivity contribution is 1.05. The number of allylic oxidation sites excluding steroid dienone is 1. The summed E-state index contributed by atoms with van der Waals surface area (Å²) in [6, 6.07) is 27.0. The van der Waals surface area contributed by atoms with Gasteiger partial charge in [-0.05, 0) is 34.4 Å². The van der Waals surface area contributed by atoms with Gasteiger partial charge in [0.1, 0.15) is 0 Å². The average Bonchev–Trinajstić information content (AvgIpc) is 3.07. The highest BCUT2D eigenvalue weighted by atomic mass is 15.3. The maximum absolute atomic E-state index is 4.40. The molecule has 0 radical (unpaired) electrons. The van der Waals surface area contributed by atoms with Crippen molar-refractivity contribution in [3.63, 3.8) is 0 Å². The molecule has 2 nitrogen and oxygen atoms in total. The topological polar surface area (TPSA) is 24.4 Å². The molecule has 1 atom stereocenters. The second-order valence-corrected chi connectivity index (χ2v) is 5.83. The third-order valence-corrected chi connectivity index (χ3v) is 4.30. The number of nitrogens with one attached hydrogen (secondary N) is 1. The van der Waals surface area contributed by atoms with Crippen molar-refractivity contribution >= 4 is 18.0 Å². The number of nitrogens with zero attached hydrogens (tertiary/aromatic N) is 1. The molecule has 4 rings (SSSR count). The number of para-hydroxylation sites is 1. The number of hydrogen-bond acceptors (Lipinski definition) is 2. The Morgan fingerprint density at radius 2 is 1.46 bits per heavy atom. The molecule has 116 valence electrons. The lowest BCUT2D eigenvalue weighted by Crippen LogP contribution is -2.01. The summed E-state index contributed by atoms with van der Waals surface area (Å²) in [6.07, 6.45) is 6.37. The highest BCUT2D eigenvalue weighted by Crippen LogP contribution is 2.36. The van der Waals surface area contributed by atoms with Crippen molar-refractivity contribution in [1.82, 2.24) is 0 Å². The fraction of sp³-hybridized carbons (Fsp3) is 0.0455. The van der Waals surface area contributed by atoms with Crippen molar-refractivity contribution < 1.29 is 0 Å². The first-order valence-electron chi connectivity index (χ1n) is 8.12. The van der Waals surface area contributed by atoms with E-state index in [9.17, 15) is 0 Å². The number of hydrazone groups is 1. The Balaban J connectivity index is 1.61. The van der Waals surface area contributed by atoms with Crippen LogP contribution in [-0.2, 0) is 0 Å². The third kappa shape index (κ3) is 2.86. The fourth-order valence-corrected chi connectivity index (χ4v) is 3.12. The monoisotopic (exact) mass is 310 g/mol. The second-order valence-electron chi connectivity index (χ2n) is 5.83. The van der Waals surface area contributed by atoms with E-state index in [0.29, 0.717) is 5.92 Å². The van der Waals surface area contributed by atoms with Crippen molar-refractivity contribution in [3.05, 3.63) is 107 Å². The number of benzene rings is 3. The zero-order chi connectivity index (χ0) is 16.2. The number of anilines is 1. The van der Waals surface area contributed by atoms with Crippen LogP contribution < -0.4 is 5.43 Å². The van der Waals surface area contributed by atoms with E-state index in [0.717, 1.165) is 11.3 Å². The summed E-state index contributed by atoms with van der Waals surface area (Å²) in [6.45, 7) is 0. The Labute approximate surface area is 142 Å². The molecule has 0 saturated heterocycles. The second kappa shape index (κ2) is 6.55. The van der Waals surface area contributed by atoms with Gasteiger partial charge in [0.2, 0.25) is 0 Å². The van der Waals surface area contributed by atoms with Gasteiger partial charge < -0.3 is 0 Å². The zero-order valence-electron chi connectivity index (χ0n) is 13.3. The van der Waals surface area contributed by atoms with Crippen molar-refractivity contribution in [3.8, 4) is 0 Å². The lowest BCUT2D eigenvalue weighted by Gasteiger charge is -2.14. The number of hydrogen-bond donors (Lipinski definition) is 1. The van der Waals surface area contributed by atoms with Gasteiger partial charge in [0, 0.05) is 5.92 Å². The van der Waals surface area contributed by atoms with Crippen LogP contribution in [-0.4, -0.2) is 6.21 Å². The van der Waals surface area contributed by atoms with Gasteiger partial charge in [-0.15, -0.1) is 0 Å². The van der Waals surface area contributed by atoms with Crippen LogP contribution in [0.5, 0.6) is 0 Å². The standard InChI is InChI=1S/C22H18N2/c1-2-10-19(11-3-1)24-23-16-18-9-5-7-13-21(18)22-15-14-17-8-4-6-12-20(17)22/h1-16,22,24H. The number of rotatable bonds is 4. The van der Waals surface area contributed by atoms with Gasteiger partial charge in [-0.25, -0.2) is 0 Å². The summed E-state index contributed by atoms with van der Waals surface area (Å²) in [5, 5.41) is 4.40. The molecule has 0 saturated carbocycles. The Morgan fingerprint density at radius 3 is 2.33 bits per heavy atom. The SMILES string of the molecule is C1=CC(c2ccccc2C=NNc2ccccc2)c2ccccc21. The minimum atomic E-state index is 0.292. The van der Waals surface area contributed by atoms with Crippen molar-refractivity contribution in [2.75, 3.05) is 5.43 Å². The highest BCUT2D eigenvalue weighted by Gasteiger charge is 2.20. The van der Waals surface area contributed by atoms with E-state index in [2.05, 4.69) is 71.2 Å². The highest BCUT2D eigenvalue weighted by molar-refractivity contribution is 5.84. The van der Waals surface area contributed by atoms with Crippen LogP contribution in [0.25, 0.3) is 6.08 Å². The van der Waals surface area contributed by atoms with Crippen LogP contribution in [0.2, 0.25) is 0 Å². The summed E-state index contributed by atoms with van der Waals surface area (Å²) in [5.74, 6) is 0.292. The van der Waals surface area contributed by atoms with Gasteiger partial charge in [0.05, 0.1) is 11.9 Å². The smallest absolute Gasteiger partial charge is 0.0561 e. The molecule has 1 N–H and O–H groups in total. The van der Waals surface area contributed by atoms with Crippen molar-refractivity contribution in [1.29, 1.82) is 0 Å². The van der Waals surface area contributed by atoms with E-state index in [-0.39, 0.29) is 0 Å². The first-order valence-corrected chi connectivity index (χ1v) is 8.12. The fourth-order valence-electron chi connectivity index (χ4n) is 3.12.